The zero-order valence-corrected chi connectivity index (χ0v) is 20.4. The normalized spacial score (nSPS) is 22.5. The number of methoxy groups -OCH3 is 1. The second-order valence-corrected chi connectivity index (χ2v) is 10.3. The van der Waals surface area contributed by atoms with Crippen LogP contribution in [0, 0.1) is 5.92 Å². The van der Waals surface area contributed by atoms with Crippen molar-refractivity contribution >= 4 is 21.6 Å². The number of benzene rings is 2. The van der Waals surface area contributed by atoms with Gasteiger partial charge in [-0.25, -0.2) is 8.42 Å². The summed E-state index contributed by atoms with van der Waals surface area (Å²) < 4.78 is 39.5. The van der Waals surface area contributed by atoms with Crippen molar-refractivity contribution in [1.82, 2.24) is 10.2 Å². The lowest BCUT2D eigenvalue weighted by molar-refractivity contribution is 0.0281. The van der Waals surface area contributed by atoms with Gasteiger partial charge in [0, 0.05) is 39.0 Å². The first-order valence-corrected chi connectivity index (χ1v) is 12.7. The number of fused-ring (bicyclic) bond motifs is 1. The Morgan fingerprint density at radius 3 is 2.61 bits per heavy atom. The van der Waals surface area contributed by atoms with Crippen LogP contribution in [0.25, 0.3) is 0 Å². The Hall–Kier alpha value is -2.62. The third-order valence-electron chi connectivity index (χ3n) is 5.70. The van der Waals surface area contributed by atoms with Crippen molar-refractivity contribution in [2.75, 3.05) is 38.6 Å². The Labute approximate surface area is 196 Å². The largest absolute Gasteiger partial charge is 0.491 e. The van der Waals surface area contributed by atoms with Gasteiger partial charge in [-0.05, 0) is 36.6 Å². The van der Waals surface area contributed by atoms with E-state index in [2.05, 4.69) is 17.0 Å². The molecule has 0 aliphatic carbocycles. The van der Waals surface area contributed by atoms with Gasteiger partial charge in [0.1, 0.15) is 12.4 Å². The van der Waals surface area contributed by atoms with E-state index in [0.717, 1.165) is 6.54 Å². The zero-order valence-electron chi connectivity index (χ0n) is 19.6. The van der Waals surface area contributed by atoms with Gasteiger partial charge in [-0.15, -0.1) is 0 Å². The van der Waals surface area contributed by atoms with Crippen LogP contribution >= 0.6 is 0 Å². The number of carbonyl (C=O) groups is 1. The molecule has 0 spiro atoms. The van der Waals surface area contributed by atoms with Crippen molar-refractivity contribution in [2.24, 2.45) is 5.92 Å². The minimum atomic E-state index is -3.66. The first-order chi connectivity index (χ1) is 15.7. The number of hydrogen-bond acceptors (Lipinski definition) is 6. The molecule has 0 fully saturated rings. The van der Waals surface area contributed by atoms with Crippen LogP contribution in [-0.2, 0) is 20.5 Å². The van der Waals surface area contributed by atoms with E-state index in [4.69, 9.17) is 9.47 Å². The quantitative estimate of drug-likeness (QED) is 0.690. The number of nitrogens with one attached hydrogen (secondary N) is 2. The number of nitrogens with zero attached hydrogens (tertiary/aromatic N) is 1. The Bertz CT molecular complexity index is 1050. The van der Waals surface area contributed by atoms with Crippen LogP contribution in [0.4, 0.5) is 5.69 Å². The number of hydrogen-bond donors (Lipinski definition) is 2. The number of likely N-dealkylation sites (N-methyl/N-ethyl adjacent to an activating group) is 1. The molecular weight excluding hydrogens is 442 g/mol. The third kappa shape index (κ3) is 6.93. The van der Waals surface area contributed by atoms with Crippen molar-refractivity contribution in [3.05, 3.63) is 59.7 Å². The fourth-order valence-electron chi connectivity index (χ4n) is 3.73. The summed E-state index contributed by atoms with van der Waals surface area (Å²) in [5.41, 5.74) is 1.29. The zero-order chi connectivity index (χ0) is 24.0. The molecule has 3 atom stereocenters. The number of carbonyl (C=O) groups excluding carboxylic acids is 1. The van der Waals surface area contributed by atoms with Gasteiger partial charge in [0.05, 0.1) is 17.4 Å². The number of anilines is 1. The molecule has 0 bridgehead atoms. The van der Waals surface area contributed by atoms with Crippen LogP contribution in [0.2, 0.25) is 0 Å². The molecule has 9 heteroatoms. The molecule has 0 saturated heterocycles. The lowest BCUT2D eigenvalue weighted by atomic mass is 10.0. The molecule has 1 amide bonds. The van der Waals surface area contributed by atoms with Crippen molar-refractivity contribution in [1.29, 1.82) is 0 Å². The Morgan fingerprint density at radius 2 is 1.91 bits per heavy atom. The molecule has 2 aromatic carbocycles. The molecule has 0 saturated carbocycles. The number of amides is 1. The summed E-state index contributed by atoms with van der Waals surface area (Å²) in [6, 6.07) is 13.8. The van der Waals surface area contributed by atoms with Gasteiger partial charge in [-0.1, -0.05) is 37.3 Å². The van der Waals surface area contributed by atoms with E-state index < -0.39 is 10.0 Å². The standard InChI is InChI=1S/C24H33N3O5S/c1-17-13-25-18(2)15-32-22-11-10-20(12-21(22)24(28)27(3)14-23(17)31-4)26-33(29,30)16-19-8-6-5-7-9-19/h5-12,17-18,23,25-26H,13-16H2,1-4H3/t17-,18+,23+/m1/s1. The highest BCUT2D eigenvalue weighted by Gasteiger charge is 2.26. The Balaban J connectivity index is 1.88. The van der Waals surface area contributed by atoms with Crippen molar-refractivity contribution < 1.29 is 22.7 Å². The molecule has 0 aromatic heterocycles. The minimum Gasteiger partial charge on any atom is -0.491 e. The first kappa shape index (κ1) is 25.0. The molecular formula is C24H33N3O5S. The van der Waals surface area contributed by atoms with E-state index in [1.807, 2.05) is 13.0 Å². The van der Waals surface area contributed by atoms with Crippen LogP contribution in [0.5, 0.6) is 5.75 Å². The van der Waals surface area contributed by atoms with E-state index in [0.29, 0.717) is 35.7 Å². The van der Waals surface area contributed by atoms with E-state index in [1.165, 1.54) is 6.07 Å². The first-order valence-electron chi connectivity index (χ1n) is 11.0. The molecule has 180 valence electrons. The second-order valence-electron chi connectivity index (χ2n) is 8.62. The lowest BCUT2D eigenvalue weighted by Crippen LogP contribution is -2.44. The van der Waals surface area contributed by atoms with Crippen LogP contribution in [0.15, 0.2) is 48.5 Å². The van der Waals surface area contributed by atoms with Gasteiger partial charge in [-0.3, -0.25) is 9.52 Å². The fraction of sp³-hybridized carbons (Fsp3) is 0.458. The summed E-state index contributed by atoms with van der Waals surface area (Å²) in [5, 5.41) is 3.44. The van der Waals surface area contributed by atoms with Crippen molar-refractivity contribution in [3.63, 3.8) is 0 Å². The van der Waals surface area contributed by atoms with E-state index >= 15 is 0 Å². The summed E-state index contributed by atoms with van der Waals surface area (Å²) >= 11 is 0. The van der Waals surface area contributed by atoms with Crippen molar-refractivity contribution in [2.45, 2.75) is 31.7 Å². The summed E-state index contributed by atoms with van der Waals surface area (Å²) in [5.74, 6) is 0.174. The van der Waals surface area contributed by atoms with Crippen LogP contribution in [-0.4, -0.2) is 65.2 Å². The number of rotatable bonds is 5. The molecule has 2 aromatic rings. The van der Waals surface area contributed by atoms with E-state index in [9.17, 15) is 13.2 Å². The maximum Gasteiger partial charge on any atom is 0.257 e. The Kier molecular flexibility index (Phi) is 8.34. The monoisotopic (exact) mass is 475 g/mol. The number of ether oxygens (including phenoxy) is 2. The predicted molar refractivity (Wildman–Crippen MR) is 129 cm³/mol. The second kappa shape index (κ2) is 11.0. The van der Waals surface area contributed by atoms with E-state index in [-0.39, 0.29) is 29.7 Å². The van der Waals surface area contributed by atoms with E-state index in [1.54, 1.807) is 55.5 Å². The van der Waals surface area contributed by atoms with Crippen LogP contribution in [0.3, 0.4) is 0 Å². The molecule has 33 heavy (non-hydrogen) atoms. The fourth-order valence-corrected chi connectivity index (χ4v) is 4.92. The SMILES string of the molecule is CO[C@H]1CN(C)C(=O)c2cc(NS(=O)(=O)Cc3ccccc3)ccc2OC[C@H](C)NC[C@H]1C. The summed E-state index contributed by atoms with van der Waals surface area (Å²) in [7, 11) is -0.308. The molecule has 0 radical (unpaired) electrons. The van der Waals surface area contributed by atoms with Crippen LogP contribution in [0.1, 0.15) is 29.8 Å². The highest BCUT2D eigenvalue weighted by molar-refractivity contribution is 7.91. The molecule has 0 unspecified atom stereocenters. The predicted octanol–water partition coefficient (Wildman–Crippen LogP) is 2.72. The van der Waals surface area contributed by atoms with Gasteiger partial charge >= 0.3 is 0 Å². The molecule has 1 heterocycles. The van der Waals surface area contributed by atoms with Gasteiger partial charge in [-0.2, -0.15) is 0 Å². The van der Waals surface area contributed by atoms with Crippen molar-refractivity contribution in [3.8, 4) is 5.75 Å². The summed E-state index contributed by atoms with van der Waals surface area (Å²) in [6.07, 6.45) is -0.144. The summed E-state index contributed by atoms with van der Waals surface area (Å²) in [6.45, 7) is 5.59. The highest BCUT2D eigenvalue weighted by atomic mass is 32.2. The number of sulfonamides is 1. The Morgan fingerprint density at radius 1 is 1.18 bits per heavy atom. The average Bonchev–Trinajstić information content (AvgIpc) is 2.78. The topological polar surface area (TPSA) is 97.0 Å². The lowest BCUT2D eigenvalue weighted by Gasteiger charge is -2.30. The molecule has 3 rings (SSSR count). The van der Waals surface area contributed by atoms with Crippen LogP contribution < -0.4 is 14.8 Å². The molecule has 1 aliphatic heterocycles. The maximum absolute atomic E-state index is 13.3. The molecule has 8 nitrogen and oxygen atoms in total. The highest BCUT2D eigenvalue weighted by Crippen LogP contribution is 2.26. The molecule has 1 aliphatic rings. The maximum atomic E-state index is 13.3. The molecule has 2 N–H and O–H groups in total. The smallest absolute Gasteiger partial charge is 0.257 e. The summed E-state index contributed by atoms with van der Waals surface area (Å²) in [4.78, 5) is 14.9. The van der Waals surface area contributed by atoms with Gasteiger partial charge in [0.25, 0.3) is 5.91 Å². The minimum absolute atomic E-state index is 0.0640. The average molecular weight is 476 g/mol. The van der Waals surface area contributed by atoms with Gasteiger partial charge in [0.15, 0.2) is 0 Å². The third-order valence-corrected chi connectivity index (χ3v) is 6.96. The van der Waals surface area contributed by atoms with Gasteiger partial charge < -0.3 is 19.7 Å². The van der Waals surface area contributed by atoms with Gasteiger partial charge in [0.2, 0.25) is 10.0 Å².